The van der Waals surface area contributed by atoms with E-state index in [9.17, 15) is 4.79 Å². The molecule has 2 aromatic rings. The second kappa shape index (κ2) is 4.77. The number of hydrogen-bond donors (Lipinski definition) is 0. The predicted octanol–water partition coefficient (Wildman–Crippen LogP) is 4.12. The number of nitrogens with zero attached hydrogens (tertiary/aromatic N) is 1. The van der Waals surface area contributed by atoms with Gasteiger partial charge < -0.3 is 9.32 Å². The second-order valence-electron chi connectivity index (χ2n) is 6.32. The minimum Gasteiger partial charge on any atom is -0.451 e. The number of furan rings is 1. The molecule has 3 heterocycles. The largest absolute Gasteiger partial charge is 0.451 e. The average molecular weight is 304 g/mol. The lowest BCUT2D eigenvalue weighted by molar-refractivity contribution is 0.0569. The van der Waals surface area contributed by atoms with Gasteiger partial charge in [-0.15, -0.1) is 11.6 Å². The average Bonchev–Trinajstić information content (AvgIpc) is 2.97. The maximum absolute atomic E-state index is 12.8. The number of carbonyl (C=O) groups excluding carboxylic acids is 1. The van der Waals surface area contributed by atoms with Crippen molar-refractivity contribution in [1.29, 1.82) is 0 Å². The van der Waals surface area contributed by atoms with Crippen molar-refractivity contribution in [1.82, 2.24) is 4.90 Å². The first kappa shape index (κ1) is 13.2. The van der Waals surface area contributed by atoms with Crippen LogP contribution in [0.1, 0.15) is 41.8 Å². The van der Waals surface area contributed by atoms with Gasteiger partial charge in [0.2, 0.25) is 0 Å². The Morgan fingerprint density at radius 2 is 1.95 bits per heavy atom. The molecule has 4 rings (SSSR count). The highest BCUT2D eigenvalue weighted by molar-refractivity contribution is 6.20. The Balaban J connectivity index is 1.67. The number of halogens is 1. The summed E-state index contributed by atoms with van der Waals surface area (Å²) in [6.07, 6.45) is 3.95. The third kappa shape index (κ3) is 2.15. The standard InChI is InChI=1S/C17H18ClNO2/c1-10-2-5-15-11(6-10)7-16(21-15)17(20)19-13-3-4-14(19)9-12(18)8-13/h2,5-7,12-14H,3-4,8-9H2,1H3. The molecule has 2 atom stereocenters. The Labute approximate surface area is 128 Å². The highest BCUT2D eigenvalue weighted by Gasteiger charge is 2.43. The lowest BCUT2D eigenvalue weighted by Gasteiger charge is -2.36. The molecule has 2 unspecified atom stereocenters. The molecule has 1 amide bonds. The molecule has 0 saturated carbocycles. The third-order valence-electron chi connectivity index (χ3n) is 4.79. The van der Waals surface area contributed by atoms with E-state index < -0.39 is 0 Å². The summed E-state index contributed by atoms with van der Waals surface area (Å²) in [5, 5.41) is 1.21. The van der Waals surface area contributed by atoms with E-state index in [0.717, 1.165) is 36.7 Å². The molecule has 2 bridgehead atoms. The number of piperidine rings is 1. The summed E-state index contributed by atoms with van der Waals surface area (Å²) in [5.74, 6) is 0.487. The number of aryl methyl sites for hydroxylation is 1. The van der Waals surface area contributed by atoms with E-state index in [1.54, 1.807) is 0 Å². The highest BCUT2D eigenvalue weighted by Crippen LogP contribution is 2.39. The van der Waals surface area contributed by atoms with Gasteiger partial charge in [0.25, 0.3) is 5.91 Å². The van der Waals surface area contributed by atoms with Crippen LogP contribution in [0.25, 0.3) is 11.0 Å². The maximum atomic E-state index is 12.8. The minimum atomic E-state index is 0.0277. The van der Waals surface area contributed by atoms with Crippen LogP contribution < -0.4 is 0 Å². The van der Waals surface area contributed by atoms with Crippen molar-refractivity contribution in [2.24, 2.45) is 0 Å². The minimum absolute atomic E-state index is 0.0277. The Hall–Kier alpha value is -1.48. The summed E-state index contributed by atoms with van der Waals surface area (Å²) in [4.78, 5) is 14.8. The molecular formula is C17H18ClNO2. The summed E-state index contributed by atoms with van der Waals surface area (Å²) in [5.41, 5.74) is 1.95. The van der Waals surface area contributed by atoms with Crippen LogP contribution in [0, 0.1) is 6.92 Å². The van der Waals surface area contributed by atoms with Gasteiger partial charge in [-0.1, -0.05) is 11.6 Å². The number of rotatable bonds is 1. The molecule has 3 nitrogen and oxygen atoms in total. The molecule has 2 saturated heterocycles. The van der Waals surface area contributed by atoms with Gasteiger partial charge in [0.05, 0.1) is 0 Å². The van der Waals surface area contributed by atoms with Gasteiger partial charge in [-0.25, -0.2) is 0 Å². The van der Waals surface area contributed by atoms with Gasteiger partial charge in [0, 0.05) is 22.8 Å². The molecule has 2 aliphatic rings. The van der Waals surface area contributed by atoms with E-state index in [1.165, 1.54) is 5.56 Å². The Kier molecular flexibility index (Phi) is 3.00. The van der Waals surface area contributed by atoms with Gasteiger partial charge in [-0.3, -0.25) is 4.79 Å². The van der Waals surface area contributed by atoms with Crippen molar-refractivity contribution >= 4 is 28.5 Å². The molecule has 0 aliphatic carbocycles. The molecule has 1 aromatic heterocycles. The maximum Gasteiger partial charge on any atom is 0.290 e. The van der Waals surface area contributed by atoms with Crippen molar-refractivity contribution in [3.8, 4) is 0 Å². The SMILES string of the molecule is Cc1ccc2oc(C(=O)N3C4CCC3CC(Cl)C4)cc2c1. The van der Waals surface area contributed by atoms with Gasteiger partial charge >= 0.3 is 0 Å². The Bertz CT molecular complexity index is 694. The number of hydrogen-bond acceptors (Lipinski definition) is 2. The summed E-state index contributed by atoms with van der Waals surface area (Å²) in [6.45, 7) is 2.04. The number of amides is 1. The van der Waals surface area contributed by atoms with Crippen LogP contribution in [0.4, 0.5) is 0 Å². The quantitative estimate of drug-likeness (QED) is 0.743. The van der Waals surface area contributed by atoms with Crippen molar-refractivity contribution in [3.05, 3.63) is 35.6 Å². The normalized spacial score (nSPS) is 28.3. The van der Waals surface area contributed by atoms with Crippen LogP contribution in [-0.4, -0.2) is 28.3 Å². The first-order valence-electron chi connectivity index (χ1n) is 7.59. The van der Waals surface area contributed by atoms with Crippen molar-refractivity contribution in [2.75, 3.05) is 0 Å². The van der Waals surface area contributed by atoms with Crippen LogP contribution in [0.2, 0.25) is 0 Å². The molecular weight excluding hydrogens is 286 g/mol. The monoisotopic (exact) mass is 303 g/mol. The van der Waals surface area contributed by atoms with E-state index in [4.69, 9.17) is 16.0 Å². The highest BCUT2D eigenvalue weighted by atomic mass is 35.5. The van der Waals surface area contributed by atoms with Gasteiger partial charge in [-0.05, 0) is 50.8 Å². The molecule has 21 heavy (non-hydrogen) atoms. The summed E-state index contributed by atoms with van der Waals surface area (Å²) in [6, 6.07) is 8.43. The number of fused-ring (bicyclic) bond motifs is 3. The molecule has 0 N–H and O–H groups in total. The van der Waals surface area contributed by atoms with E-state index >= 15 is 0 Å². The van der Waals surface area contributed by atoms with Gasteiger partial charge in [0.15, 0.2) is 5.76 Å². The fourth-order valence-corrected chi connectivity index (χ4v) is 4.25. The lowest BCUT2D eigenvalue weighted by Crippen LogP contribution is -2.46. The van der Waals surface area contributed by atoms with Crippen molar-refractivity contribution < 1.29 is 9.21 Å². The molecule has 4 heteroatoms. The molecule has 2 fully saturated rings. The first-order chi connectivity index (χ1) is 10.1. The fourth-order valence-electron chi connectivity index (χ4n) is 3.84. The van der Waals surface area contributed by atoms with Crippen LogP contribution in [0.5, 0.6) is 0 Å². The van der Waals surface area contributed by atoms with Gasteiger partial charge in [-0.2, -0.15) is 0 Å². The topological polar surface area (TPSA) is 33.5 Å². The molecule has 110 valence electrons. The smallest absolute Gasteiger partial charge is 0.290 e. The number of benzene rings is 1. The summed E-state index contributed by atoms with van der Waals surface area (Å²) >= 11 is 6.28. The van der Waals surface area contributed by atoms with E-state index in [-0.39, 0.29) is 23.4 Å². The summed E-state index contributed by atoms with van der Waals surface area (Å²) in [7, 11) is 0. The number of carbonyl (C=O) groups is 1. The van der Waals surface area contributed by atoms with Crippen LogP contribution in [0.15, 0.2) is 28.7 Å². The summed E-state index contributed by atoms with van der Waals surface area (Å²) < 4.78 is 5.77. The van der Waals surface area contributed by atoms with E-state index in [2.05, 4.69) is 6.07 Å². The number of alkyl halides is 1. The second-order valence-corrected chi connectivity index (χ2v) is 6.94. The zero-order valence-electron chi connectivity index (χ0n) is 12.0. The predicted molar refractivity (Wildman–Crippen MR) is 82.8 cm³/mol. The zero-order chi connectivity index (χ0) is 14.6. The zero-order valence-corrected chi connectivity index (χ0v) is 12.8. The molecule has 1 aromatic carbocycles. The molecule has 2 aliphatic heterocycles. The van der Waals surface area contributed by atoms with Crippen LogP contribution in [0.3, 0.4) is 0 Å². The fraction of sp³-hybridized carbons (Fsp3) is 0.471. The first-order valence-corrected chi connectivity index (χ1v) is 8.02. The van der Waals surface area contributed by atoms with Crippen LogP contribution in [-0.2, 0) is 0 Å². The van der Waals surface area contributed by atoms with E-state index in [1.807, 2.05) is 30.0 Å². The van der Waals surface area contributed by atoms with Crippen LogP contribution >= 0.6 is 11.6 Å². The van der Waals surface area contributed by atoms with Gasteiger partial charge in [0.1, 0.15) is 5.58 Å². The van der Waals surface area contributed by atoms with Crippen molar-refractivity contribution in [2.45, 2.75) is 50.1 Å². The Morgan fingerprint density at radius 1 is 1.24 bits per heavy atom. The molecule has 0 spiro atoms. The van der Waals surface area contributed by atoms with Crippen molar-refractivity contribution in [3.63, 3.8) is 0 Å². The van der Waals surface area contributed by atoms with E-state index in [0.29, 0.717) is 5.76 Å². The lowest BCUT2D eigenvalue weighted by atomic mass is 10.0. The molecule has 0 radical (unpaired) electrons. The third-order valence-corrected chi connectivity index (χ3v) is 5.15. The Morgan fingerprint density at radius 3 is 2.67 bits per heavy atom.